The van der Waals surface area contributed by atoms with E-state index in [1.54, 1.807) is 14.1 Å². The Morgan fingerprint density at radius 1 is 1.00 bits per heavy atom. The number of benzene rings is 2. The van der Waals surface area contributed by atoms with E-state index in [1.165, 1.54) is 55.5 Å². The Hall–Kier alpha value is -3.07. The minimum Gasteiger partial charge on any atom is -0.493 e. The lowest BCUT2D eigenvalue weighted by Gasteiger charge is -2.18. The molecule has 2 rings (SSSR count). The van der Waals surface area contributed by atoms with Gasteiger partial charge < -0.3 is 19.7 Å². The predicted molar refractivity (Wildman–Crippen MR) is 105 cm³/mol. The van der Waals surface area contributed by atoms with Crippen LogP contribution >= 0.6 is 0 Å². The number of rotatable bonds is 6. The summed E-state index contributed by atoms with van der Waals surface area (Å²) in [6.45, 7) is 0. The average molecular weight is 406 g/mol. The summed E-state index contributed by atoms with van der Waals surface area (Å²) < 4.78 is 33.9. The van der Waals surface area contributed by atoms with Crippen molar-refractivity contribution in [3.05, 3.63) is 47.5 Å². The van der Waals surface area contributed by atoms with Crippen molar-refractivity contribution in [1.29, 1.82) is 0 Å². The van der Waals surface area contributed by atoms with Crippen LogP contribution in [-0.4, -0.2) is 59.7 Å². The summed E-state index contributed by atoms with van der Waals surface area (Å²) in [5.74, 6) is -0.241. The van der Waals surface area contributed by atoms with E-state index in [9.17, 15) is 18.0 Å². The molecule has 0 saturated carbocycles. The zero-order valence-corrected chi connectivity index (χ0v) is 17.1. The number of hydrogen-bond donors (Lipinski definition) is 1. The van der Waals surface area contributed by atoms with Crippen LogP contribution in [0.2, 0.25) is 0 Å². The first-order valence-electron chi connectivity index (χ1n) is 8.17. The molecule has 2 amide bonds. The maximum atomic E-state index is 12.7. The Kier molecular flexibility index (Phi) is 6.30. The lowest BCUT2D eigenvalue weighted by Crippen LogP contribution is -2.24. The fourth-order valence-corrected chi connectivity index (χ4v) is 3.13. The number of carbonyl (C=O) groups is 2. The van der Waals surface area contributed by atoms with Crippen molar-refractivity contribution in [2.75, 3.05) is 39.9 Å². The first-order valence-corrected chi connectivity index (χ1v) is 10.1. The third-order valence-corrected chi connectivity index (χ3v) is 5.04. The molecule has 28 heavy (non-hydrogen) atoms. The number of sulfone groups is 1. The van der Waals surface area contributed by atoms with Gasteiger partial charge in [-0.1, -0.05) is 6.07 Å². The second kappa shape index (κ2) is 8.30. The number of hydrogen-bond acceptors (Lipinski definition) is 6. The van der Waals surface area contributed by atoms with Crippen molar-refractivity contribution in [2.45, 2.75) is 4.90 Å². The normalized spacial score (nSPS) is 10.9. The van der Waals surface area contributed by atoms with E-state index in [1.807, 2.05) is 0 Å². The average Bonchev–Trinajstić information content (AvgIpc) is 2.66. The fraction of sp³-hybridized carbons (Fsp3) is 0.263. The summed E-state index contributed by atoms with van der Waals surface area (Å²) in [6, 6.07) is 8.60. The summed E-state index contributed by atoms with van der Waals surface area (Å²) in [6.07, 6.45) is 1.06. The second-order valence-electron chi connectivity index (χ2n) is 6.21. The van der Waals surface area contributed by atoms with Gasteiger partial charge in [-0.2, -0.15) is 0 Å². The third-order valence-electron chi connectivity index (χ3n) is 3.93. The Labute approximate surface area is 164 Å². The minimum absolute atomic E-state index is 0.0250. The summed E-state index contributed by atoms with van der Waals surface area (Å²) in [5, 5.41) is 2.65. The van der Waals surface area contributed by atoms with E-state index in [-0.39, 0.29) is 27.6 Å². The molecule has 0 heterocycles. The summed E-state index contributed by atoms with van der Waals surface area (Å²) in [5.41, 5.74) is 0.558. The van der Waals surface area contributed by atoms with Crippen molar-refractivity contribution in [3.63, 3.8) is 0 Å². The number of nitrogens with zero attached hydrogens (tertiary/aromatic N) is 1. The van der Waals surface area contributed by atoms with Gasteiger partial charge in [0.15, 0.2) is 21.3 Å². The Bertz CT molecular complexity index is 1020. The molecule has 0 aliphatic rings. The first kappa shape index (κ1) is 21.2. The summed E-state index contributed by atoms with van der Waals surface area (Å²) in [4.78, 5) is 26.6. The van der Waals surface area contributed by atoms with Gasteiger partial charge in [-0.3, -0.25) is 9.59 Å². The van der Waals surface area contributed by atoms with Gasteiger partial charge in [-0.25, -0.2) is 8.42 Å². The molecule has 0 bridgehead atoms. The number of nitrogens with one attached hydrogen (secondary N) is 1. The van der Waals surface area contributed by atoms with Crippen LogP contribution in [-0.2, 0) is 9.84 Å². The van der Waals surface area contributed by atoms with E-state index >= 15 is 0 Å². The number of amides is 2. The molecular formula is C19H22N2O6S. The zero-order valence-electron chi connectivity index (χ0n) is 16.3. The van der Waals surface area contributed by atoms with Crippen molar-refractivity contribution in [1.82, 2.24) is 4.90 Å². The first-order chi connectivity index (χ1) is 13.1. The second-order valence-corrected chi connectivity index (χ2v) is 8.22. The van der Waals surface area contributed by atoms with E-state index in [2.05, 4.69) is 5.32 Å². The minimum atomic E-state index is -3.46. The lowest BCUT2D eigenvalue weighted by atomic mass is 10.1. The fourth-order valence-electron chi connectivity index (χ4n) is 2.46. The van der Waals surface area contributed by atoms with Gasteiger partial charge in [0.1, 0.15) is 0 Å². The van der Waals surface area contributed by atoms with Crippen LogP contribution in [0.3, 0.4) is 0 Å². The molecule has 0 aliphatic heterocycles. The molecule has 2 aromatic carbocycles. The highest BCUT2D eigenvalue weighted by Gasteiger charge is 2.21. The highest BCUT2D eigenvalue weighted by molar-refractivity contribution is 7.90. The van der Waals surface area contributed by atoms with Crippen LogP contribution in [0.25, 0.3) is 0 Å². The van der Waals surface area contributed by atoms with E-state index in [4.69, 9.17) is 9.47 Å². The van der Waals surface area contributed by atoms with Crippen molar-refractivity contribution >= 4 is 27.3 Å². The van der Waals surface area contributed by atoms with Crippen LogP contribution in [0, 0.1) is 0 Å². The molecule has 8 nitrogen and oxygen atoms in total. The third kappa shape index (κ3) is 4.61. The van der Waals surface area contributed by atoms with Gasteiger partial charge in [0.25, 0.3) is 11.8 Å². The van der Waals surface area contributed by atoms with Gasteiger partial charge in [-0.05, 0) is 24.3 Å². The molecule has 0 radical (unpaired) electrons. The van der Waals surface area contributed by atoms with Crippen LogP contribution in [0.5, 0.6) is 11.5 Å². The van der Waals surface area contributed by atoms with Gasteiger partial charge in [0, 0.05) is 32.0 Å². The molecule has 0 aliphatic carbocycles. The van der Waals surface area contributed by atoms with Crippen molar-refractivity contribution in [2.24, 2.45) is 0 Å². The van der Waals surface area contributed by atoms with Crippen LogP contribution in [0.4, 0.5) is 5.69 Å². The Morgan fingerprint density at radius 3 is 2.14 bits per heavy atom. The van der Waals surface area contributed by atoms with Crippen molar-refractivity contribution in [3.8, 4) is 11.5 Å². The zero-order chi connectivity index (χ0) is 21.1. The van der Waals surface area contributed by atoms with Crippen molar-refractivity contribution < 1.29 is 27.5 Å². The quantitative estimate of drug-likeness (QED) is 0.788. The van der Waals surface area contributed by atoms with Gasteiger partial charge >= 0.3 is 0 Å². The predicted octanol–water partition coefficient (Wildman–Crippen LogP) is 2.06. The Balaban J connectivity index is 2.49. The number of ether oxygens (including phenoxy) is 2. The molecule has 0 spiro atoms. The van der Waals surface area contributed by atoms with E-state index in [0.717, 1.165) is 6.26 Å². The maximum Gasteiger partial charge on any atom is 0.255 e. The molecule has 0 unspecified atom stereocenters. The lowest BCUT2D eigenvalue weighted by molar-refractivity contribution is 0.0828. The molecule has 150 valence electrons. The molecule has 0 atom stereocenters. The number of anilines is 1. The van der Waals surface area contributed by atoms with Gasteiger partial charge in [-0.15, -0.1) is 0 Å². The van der Waals surface area contributed by atoms with Gasteiger partial charge in [0.05, 0.1) is 30.4 Å². The summed E-state index contributed by atoms with van der Waals surface area (Å²) in [7, 11) is 2.58. The smallest absolute Gasteiger partial charge is 0.255 e. The van der Waals surface area contributed by atoms with E-state index in [0.29, 0.717) is 11.5 Å². The topological polar surface area (TPSA) is 102 Å². The van der Waals surface area contributed by atoms with Crippen LogP contribution in [0.15, 0.2) is 41.3 Å². The van der Waals surface area contributed by atoms with Crippen LogP contribution in [0.1, 0.15) is 20.7 Å². The SMILES string of the molecule is COc1cc(NC(=O)c2cccc(S(C)(=O)=O)c2)c(C(=O)N(C)C)cc1OC. The number of carbonyl (C=O) groups excluding carboxylic acids is 2. The highest BCUT2D eigenvalue weighted by Crippen LogP contribution is 2.34. The molecule has 0 fully saturated rings. The van der Waals surface area contributed by atoms with E-state index < -0.39 is 15.7 Å². The maximum absolute atomic E-state index is 12.7. The highest BCUT2D eigenvalue weighted by atomic mass is 32.2. The largest absolute Gasteiger partial charge is 0.493 e. The molecular weight excluding hydrogens is 384 g/mol. The molecule has 0 aromatic heterocycles. The molecule has 9 heteroatoms. The molecule has 2 aromatic rings. The summed E-state index contributed by atoms with van der Waals surface area (Å²) >= 11 is 0. The molecule has 1 N–H and O–H groups in total. The monoisotopic (exact) mass is 406 g/mol. The van der Waals surface area contributed by atoms with Gasteiger partial charge in [0.2, 0.25) is 0 Å². The number of methoxy groups -OCH3 is 2. The Morgan fingerprint density at radius 2 is 1.61 bits per heavy atom. The van der Waals surface area contributed by atoms with Crippen LogP contribution < -0.4 is 14.8 Å². The molecule has 0 saturated heterocycles. The standard InChI is InChI=1S/C19H22N2O6S/c1-21(2)19(23)14-10-16(26-3)17(27-4)11-15(14)20-18(22)12-7-6-8-13(9-12)28(5,24)25/h6-11H,1-5H3,(H,20,22).